The molecule has 5 heteroatoms. The molecule has 0 aliphatic carbocycles. The monoisotopic (exact) mass is 394 g/mol. The van der Waals surface area contributed by atoms with Crippen molar-refractivity contribution in [3.05, 3.63) is 71.5 Å². The van der Waals surface area contributed by atoms with E-state index < -0.39 is 0 Å². The van der Waals surface area contributed by atoms with Gasteiger partial charge in [0, 0.05) is 23.2 Å². The summed E-state index contributed by atoms with van der Waals surface area (Å²) in [6, 6.07) is 18.5. The molecule has 1 amide bonds. The number of amides is 1. The highest BCUT2D eigenvalue weighted by Crippen LogP contribution is 2.29. The molecule has 0 saturated carbocycles. The molecule has 1 N–H and O–H groups in total. The number of benzene rings is 2. The van der Waals surface area contributed by atoms with Crippen LogP contribution in [0.5, 0.6) is 0 Å². The SMILES string of the molecule is CSCc1c(C(=O)NC[C@@H](c2ccccc2)N2CCCC2)oc2ccccc12. The molecule has 2 aromatic carbocycles. The van der Waals surface area contributed by atoms with Crippen LogP contribution < -0.4 is 5.32 Å². The van der Waals surface area contributed by atoms with Gasteiger partial charge in [0.25, 0.3) is 5.91 Å². The maximum Gasteiger partial charge on any atom is 0.287 e. The van der Waals surface area contributed by atoms with E-state index in [1.54, 1.807) is 11.8 Å². The molecule has 1 aliphatic heterocycles. The number of hydrogen-bond acceptors (Lipinski definition) is 4. The van der Waals surface area contributed by atoms with Crippen LogP contribution in [-0.2, 0) is 5.75 Å². The maximum atomic E-state index is 13.0. The van der Waals surface area contributed by atoms with E-state index in [9.17, 15) is 4.79 Å². The summed E-state index contributed by atoms with van der Waals surface area (Å²) < 4.78 is 5.94. The van der Waals surface area contributed by atoms with E-state index in [0.717, 1.165) is 35.4 Å². The van der Waals surface area contributed by atoms with E-state index in [-0.39, 0.29) is 11.9 Å². The summed E-state index contributed by atoms with van der Waals surface area (Å²) in [4.78, 5) is 15.5. The molecule has 3 aromatic rings. The van der Waals surface area contributed by atoms with E-state index in [0.29, 0.717) is 12.3 Å². The quantitative estimate of drug-likeness (QED) is 0.621. The van der Waals surface area contributed by atoms with Crippen LogP contribution in [0.3, 0.4) is 0 Å². The molecule has 1 aromatic heterocycles. The zero-order chi connectivity index (χ0) is 19.3. The van der Waals surface area contributed by atoms with Crippen LogP contribution in [0.4, 0.5) is 0 Å². The van der Waals surface area contributed by atoms with Gasteiger partial charge in [-0.3, -0.25) is 9.69 Å². The minimum atomic E-state index is -0.125. The fourth-order valence-corrected chi connectivity index (χ4v) is 4.60. The summed E-state index contributed by atoms with van der Waals surface area (Å²) >= 11 is 1.70. The van der Waals surface area contributed by atoms with Gasteiger partial charge in [-0.2, -0.15) is 11.8 Å². The third kappa shape index (κ3) is 3.96. The Bertz CT molecular complexity index is 932. The third-order valence-corrected chi connectivity index (χ3v) is 5.99. The van der Waals surface area contributed by atoms with Crippen molar-refractivity contribution in [3.63, 3.8) is 0 Å². The highest BCUT2D eigenvalue weighted by molar-refractivity contribution is 7.97. The lowest BCUT2D eigenvalue weighted by molar-refractivity contribution is 0.0911. The van der Waals surface area contributed by atoms with E-state index in [4.69, 9.17) is 4.42 Å². The Morgan fingerprint density at radius 3 is 2.57 bits per heavy atom. The number of hydrogen-bond donors (Lipinski definition) is 1. The van der Waals surface area contributed by atoms with Gasteiger partial charge in [0.2, 0.25) is 0 Å². The first kappa shape index (κ1) is 19.1. The fourth-order valence-electron chi connectivity index (χ4n) is 4.03. The van der Waals surface area contributed by atoms with E-state index in [1.807, 2.05) is 36.6 Å². The Hall–Kier alpha value is -2.24. The Morgan fingerprint density at radius 2 is 1.82 bits per heavy atom. The zero-order valence-electron chi connectivity index (χ0n) is 16.2. The van der Waals surface area contributed by atoms with Crippen molar-refractivity contribution in [3.8, 4) is 0 Å². The number of furan rings is 1. The minimum Gasteiger partial charge on any atom is -0.451 e. The average Bonchev–Trinajstić information content (AvgIpc) is 3.38. The maximum absolute atomic E-state index is 13.0. The smallest absolute Gasteiger partial charge is 0.287 e. The molecular weight excluding hydrogens is 368 g/mol. The molecule has 1 aliphatic rings. The molecule has 1 fully saturated rings. The first-order valence-corrected chi connectivity index (χ1v) is 11.2. The van der Waals surface area contributed by atoms with Crippen LogP contribution in [0.25, 0.3) is 11.0 Å². The molecule has 0 spiro atoms. The molecule has 0 unspecified atom stereocenters. The first-order valence-electron chi connectivity index (χ1n) is 9.84. The molecule has 1 saturated heterocycles. The molecule has 4 rings (SSSR count). The minimum absolute atomic E-state index is 0.125. The van der Waals surface area contributed by atoms with E-state index in [1.165, 1.54) is 18.4 Å². The molecule has 1 atom stereocenters. The van der Waals surface area contributed by atoms with Crippen LogP contribution in [0.15, 0.2) is 59.0 Å². The van der Waals surface area contributed by atoms with Crippen molar-refractivity contribution in [1.82, 2.24) is 10.2 Å². The van der Waals surface area contributed by atoms with Crippen molar-refractivity contribution in [2.75, 3.05) is 25.9 Å². The van der Waals surface area contributed by atoms with Gasteiger partial charge in [0.1, 0.15) is 5.58 Å². The predicted octanol–water partition coefficient (Wildman–Crippen LogP) is 4.86. The fraction of sp³-hybridized carbons (Fsp3) is 0.348. The highest BCUT2D eigenvalue weighted by atomic mass is 32.2. The van der Waals surface area contributed by atoms with Crippen LogP contribution in [0.1, 0.15) is 40.6 Å². The first-order chi connectivity index (χ1) is 13.8. The number of thioether (sulfide) groups is 1. The molecular formula is C23H26N2O2S. The number of rotatable bonds is 7. The van der Waals surface area contributed by atoms with Gasteiger partial charge in [-0.25, -0.2) is 0 Å². The van der Waals surface area contributed by atoms with Crippen LogP contribution in [-0.4, -0.2) is 36.7 Å². The molecule has 4 nitrogen and oxygen atoms in total. The summed E-state index contributed by atoms with van der Waals surface area (Å²) in [5.74, 6) is 1.08. The number of fused-ring (bicyclic) bond motifs is 1. The van der Waals surface area contributed by atoms with Gasteiger partial charge in [-0.15, -0.1) is 0 Å². The number of likely N-dealkylation sites (tertiary alicyclic amines) is 1. The van der Waals surface area contributed by atoms with Crippen molar-refractivity contribution >= 4 is 28.6 Å². The molecule has 28 heavy (non-hydrogen) atoms. The lowest BCUT2D eigenvalue weighted by Gasteiger charge is -2.28. The van der Waals surface area contributed by atoms with Gasteiger partial charge in [0.15, 0.2) is 5.76 Å². The van der Waals surface area contributed by atoms with Crippen molar-refractivity contribution in [2.24, 2.45) is 0 Å². The van der Waals surface area contributed by atoms with Gasteiger partial charge in [0.05, 0.1) is 6.04 Å². The largest absolute Gasteiger partial charge is 0.451 e. The van der Waals surface area contributed by atoms with Gasteiger partial charge >= 0.3 is 0 Å². The lowest BCUT2D eigenvalue weighted by atomic mass is 10.1. The third-order valence-electron chi connectivity index (χ3n) is 5.41. The molecule has 0 bridgehead atoms. The van der Waals surface area contributed by atoms with Crippen LogP contribution in [0.2, 0.25) is 0 Å². The van der Waals surface area contributed by atoms with Gasteiger partial charge in [-0.05, 0) is 43.8 Å². The normalized spacial score (nSPS) is 15.8. The average molecular weight is 395 g/mol. The second-order valence-electron chi connectivity index (χ2n) is 7.22. The predicted molar refractivity (Wildman–Crippen MR) is 116 cm³/mol. The van der Waals surface area contributed by atoms with Gasteiger partial charge in [-0.1, -0.05) is 48.5 Å². The standard InChI is InChI=1S/C23H26N2O2S/c1-28-16-19-18-11-5-6-12-21(18)27-22(19)23(26)24-15-20(25-13-7-8-14-25)17-9-3-2-4-10-17/h2-6,9-12,20H,7-8,13-16H2,1H3,(H,24,26)/t20-/m0/s1. The zero-order valence-corrected chi connectivity index (χ0v) is 17.0. The second-order valence-corrected chi connectivity index (χ2v) is 8.08. The Balaban J connectivity index is 1.55. The van der Waals surface area contributed by atoms with Gasteiger partial charge < -0.3 is 9.73 Å². The van der Waals surface area contributed by atoms with Crippen molar-refractivity contribution < 1.29 is 9.21 Å². The summed E-state index contributed by atoms with van der Waals surface area (Å²) in [6.45, 7) is 2.74. The number of carbonyl (C=O) groups is 1. The summed E-state index contributed by atoms with van der Waals surface area (Å²) in [5, 5.41) is 4.18. The lowest BCUT2D eigenvalue weighted by Crippen LogP contribution is -2.36. The molecule has 2 heterocycles. The number of nitrogens with zero attached hydrogens (tertiary/aromatic N) is 1. The van der Waals surface area contributed by atoms with Crippen LogP contribution >= 0.6 is 11.8 Å². The Kier molecular flexibility index (Phi) is 6.03. The Labute approximate surface area is 170 Å². The van der Waals surface area contributed by atoms with Crippen LogP contribution in [0, 0.1) is 0 Å². The Morgan fingerprint density at radius 1 is 1.11 bits per heavy atom. The van der Waals surface area contributed by atoms with Crippen molar-refractivity contribution in [2.45, 2.75) is 24.6 Å². The highest BCUT2D eigenvalue weighted by Gasteiger charge is 2.26. The van der Waals surface area contributed by atoms with E-state index >= 15 is 0 Å². The molecule has 0 radical (unpaired) electrons. The summed E-state index contributed by atoms with van der Waals surface area (Å²) in [5.41, 5.74) is 3.01. The summed E-state index contributed by atoms with van der Waals surface area (Å²) in [7, 11) is 0. The van der Waals surface area contributed by atoms with Crippen molar-refractivity contribution in [1.29, 1.82) is 0 Å². The summed E-state index contributed by atoms with van der Waals surface area (Å²) in [6.07, 6.45) is 4.49. The molecule has 146 valence electrons. The second kappa shape index (κ2) is 8.84. The number of nitrogens with one attached hydrogen (secondary N) is 1. The van der Waals surface area contributed by atoms with E-state index in [2.05, 4.69) is 34.5 Å². The topological polar surface area (TPSA) is 45.5 Å². The number of para-hydroxylation sites is 1. The number of carbonyl (C=O) groups excluding carboxylic acids is 1.